The van der Waals surface area contributed by atoms with Crippen LogP contribution in [0.15, 0.2) is 59.5 Å². The zero-order valence-electron chi connectivity index (χ0n) is 17.7. The Kier molecular flexibility index (Phi) is 6.72. The van der Waals surface area contributed by atoms with Crippen LogP contribution in [0.4, 0.5) is 11.4 Å². The number of hydrogen-bond donors (Lipinski definition) is 1. The Morgan fingerprint density at radius 2 is 1.69 bits per heavy atom. The van der Waals surface area contributed by atoms with Crippen LogP contribution in [0.25, 0.3) is 5.57 Å². The molecule has 8 heteroatoms. The zero-order valence-corrected chi connectivity index (χ0v) is 19.3. The fourth-order valence-corrected chi connectivity index (χ4v) is 5.16. The molecule has 2 aliphatic heterocycles. The van der Waals surface area contributed by atoms with E-state index in [4.69, 9.17) is 12.2 Å². The Hall–Kier alpha value is -2.97. The molecule has 0 bridgehead atoms. The first kappa shape index (κ1) is 22.2. The number of amides is 3. The molecule has 4 rings (SSSR count). The lowest BCUT2D eigenvalue weighted by Crippen LogP contribution is -2.35. The summed E-state index contributed by atoms with van der Waals surface area (Å²) in [4.78, 5) is 42.5. The second-order valence-corrected chi connectivity index (χ2v) is 9.20. The molecule has 3 amide bonds. The quantitative estimate of drug-likeness (QED) is 0.372. The summed E-state index contributed by atoms with van der Waals surface area (Å²) in [6.07, 6.45) is 2.92. The second kappa shape index (κ2) is 9.67. The number of nitrogens with zero attached hydrogens (tertiary/aromatic N) is 2. The van der Waals surface area contributed by atoms with Crippen molar-refractivity contribution in [3.8, 4) is 0 Å². The maximum Gasteiger partial charge on any atom is 0.267 e. The van der Waals surface area contributed by atoms with E-state index in [2.05, 4.69) is 12.2 Å². The van der Waals surface area contributed by atoms with E-state index < -0.39 is 0 Å². The van der Waals surface area contributed by atoms with E-state index in [-0.39, 0.29) is 24.3 Å². The molecular formula is C24H23N3O3S2. The van der Waals surface area contributed by atoms with Crippen molar-refractivity contribution in [1.82, 2.24) is 4.90 Å². The van der Waals surface area contributed by atoms with Crippen LogP contribution in [0.3, 0.4) is 0 Å². The number of hydrogen-bond acceptors (Lipinski definition) is 5. The van der Waals surface area contributed by atoms with E-state index in [0.29, 0.717) is 38.3 Å². The summed E-state index contributed by atoms with van der Waals surface area (Å²) in [6, 6.07) is 16.3. The number of thioether (sulfide) groups is 1. The fourth-order valence-electron chi connectivity index (χ4n) is 3.78. The molecule has 2 aromatic rings. The largest absolute Gasteiger partial charge is 0.325 e. The van der Waals surface area contributed by atoms with Crippen LogP contribution >= 0.6 is 24.0 Å². The Morgan fingerprint density at radius 1 is 0.969 bits per heavy atom. The summed E-state index contributed by atoms with van der Waals surface area (Å²) in [7, 11) is 0. The highest BCUT2D eigenvalue weighted by molar-refractivity contribution is 8.26. The molecule has 6 nitrogen and oxygen atoms in total. The van der Waals surface area contributed by atoms with Gasteiger partial charge in [0, 0.05) is 17.8 Å². The molecule has 2 aliphatic rings. The summed E-state index contributed by atoms with van der Waals surface area (Å²) in [5.41, 5.74) is 2.25. The third-order valence-corrected chi connectivity index (χ3v) is 6.79. The number of fused-ring (bicyclic) bond motifs is 1. The molecule has 1 fully saturated rings. The van der Waals surface area contributed by atoms with Crippen LogP contribution in [-0.4, -0.2) is 40.0 Å². The van der Waals surface area contributed by atoms with Gasteiger partial charge in [-0.05, 0) is 24.6 Å². The van der Waals surface area contributed by atoms with Gasteiger partial charge in [-0.15, -0.1) is 0 Å². The van der Waals surface area contributed by atoms with E-state index in [0.717, 1.165) is 19.3 Å². The molecule has 1 saturated heterocycles. The normalized spacial score (nSPS) is 17.8. The third kappa shape index (κ3) is 4.33. The van der Waals surface area contributed by atoms with E-state index >= 15 is 0 Å². The molecule has 0 atom stereocenters. The second-order valence-electron chi connectivity index (χ2n) is 7.56. The van der Waals surface area contributed by atoms with Crippen LogP contribution in [0.2, 0.25) is 0 Å². The van der Waals surface area contributed by atoms with Gasteiger partial charge in [-0.25, -0.2) is 0 Å². The van der Waals surface area contributed by atoms with E-state index in [1.807, 2.05) is 30.3 Å². The number of para-hydroxylation sites is 2. The minimum absolute atomic E-state index is 0.148. The third-order valence-electron chi connectivity index (χ3n) is 5.34. The Morgan fingerprint density at radius 3 is 2.44 bits per heavy atom. The minimum atomic E-state index is -0.358. The van der Waals surface area contributed by atoms with Gasteiger partial charge in [-0.3, -0.25) is 24.2 Å². The maximum atomic E-state index is 13.4. The summed E-state index contributed by atoms with van der Waals surface area (Å²) in [6.45, 7) is 2.50. The smallest absolute Gasteiger partial charge is 0.267 e. The molecule has 164 valence electrons. The van der Waals surface area contributed by atoms with Gasteiger partial charge < -0.3 is 5.32 Å². The van der Waals surface area contributed by atoms with Crippen LogP contribution in [0.5, 0.6) is 0 Å². The number of rotatable bonds is 7. The topological polar surface area (TPSA) is 69.7 Å². The SMILES string of the molecule is CCCCCN1C(=O)/C(=C2/C(=O)N(CC(=O)Nc3ccccc3)c3ccccc32)SC1=S. The molecule has 2 aromatic carbocycles. The van der Waals surface area contributed by atoms with Crippen molar-refractivity contribution < 1.29 is 14.4 Å². The van der Waals surface area contributed by atoms with Crippen molar-refractivity contribution >= 4 is 63.0 Å². The first-order valence-corrected chi connectivity index (χ1v) is 11.8. The van der Waals surface area contributed by atoms with Crippen molar-refractivity contribution in [3.63, 3.8) is 0 Å². The van der Waals surface area contributed by atoms with Gasteiger partial charge in [0.15, 0.2) is 0 Å². The van der Waals surface area contributed by atoms with Gasteiger partial charge in [0.1, 0.15) is 10.9 Å². The molecule has 0 unspecified atom stereocenters. The molecule has 0 aliphatic carbocycles. The van der Waals surface area contributed by atoms with Crippen LogP contribution in [0, 0.1) is 0 Å². The van der Waals surface area contributed by atoms with Crippen molar-refractivity contribution in [2.75, 3.05) is 23.3 Å². The van der Waals surface area contributed by atoms with Crippen LogP contribution in [-0.2, 0) is 14.4 Å². The molecule has 0 radical (unpaired) electrons. The van der Waals surface area contributed by atoms with Crippen LogP contribution in [0.1, 0.15) is 31.7 Å². The van der Waals surface area contributed by atoms with Crippen LogP contribution < -0.4 is 10.2 Å². The van der Waals surface area contributed by atoms with Gasteiger partial charge in [0.25, 0.3) is 11.8 Å². The highest BCUT2D eigenvalue weighted by Crippen LogP contribution is 2.44. The van der Waals surface area contributed by atoms with Gasteiger partial charge in [-0.2, -0.15) is 0 Å². The number of anilines is 2. The summed E-state index contributed by atoms with van der Waals surface area (Å²) in [5.74, 6) is -0.902. The van der Waals surface area contributed by atoms with Gasteiger partial charge >= 0.3 is 0 Å². The fraction of sp³-hybridized carbons (Fsp3) is 0.250. The molecule has 1 N–H and O–H groups in total. The van der Waals surface area contributed by atoms with Gasteiger partial charge in [-0.1, -0.05) is 80.1 Å². The summed E-state index contributed by atoms with van der Waals surface area (Å²) in [5, 5.41) is 2.81. The average molecular weight is 466 g/mol. The van der Waals surface area contributed by atoms with E-state index in [1.54, 1.807) is 29.2 Å². The zero-order chi connectivity index (χ0) is 22.7. The van der Waals surface area contributed by atoms with E-state index in [9.17, 15) is 14.4 Å². The van der Waals surface area contributed by atoms with Crippen molar-refractivity contribution in [1.29, 1.82) is 0 Å². The van der Waals surface area contributed by atoms with Crippen molar-refractivity contribution in [3.05, 3.63) is 65.1 Å². The molecule has 0 spiro atoms. The monoisotopic (exact) mass is 465 g/mol. The van der Waals surface area contributed by atoms with Crippen molar-refractivity contribution in [2.24, 2.45) is 0 Å². The Balaban J connectivity index is 1.61. The molecule has 32 heavy (non-hydrogen) atoms. The number of thiocarbonyl (C=S) groups is 1. The average Bonchev–Trinajstić information content (AvgIpc) is 3.22. The van der Waals surface area contributed by atoms with Gasteiger partial charge in [0.2, 0.25) is 5.91 Å². The first-order valence-electron chi connectivity index (χ1n) is 10.6. The predicted octanol–water partition coefficient (Wildman–Crippen LogP) is 4.43. The number of carbonyl (C=O) groups is 3. The number of benzene rings is 2. The Bertz CT molecular complexity index is 1110. The predicted molar refractivity (Wildman–Crippen MR) is 132 cm³/mol. The Labute approximate surface area is 196 Å². The lowest BCUT2D eigenvalue weighted by molar-refractivity contribution is -0.122. The molecule has 0 saturated carbocycles. The summed E-state index contributed by atoms with van der Waals surface area (Å²) < 4.78 is 0.471. The molecule has 0 aromatic heterocycles. The van der Waals surface area contributed by atoms with Crippen molar-refractivity contribution in [2.45, 2.75) is 26.2 Å². The van der Waals surface area contributed by atoms with E-state index in [1.165, 1.54) is 16.7 Å². The number of carbonyl (C=O) groups excluding carboxylic acids is 3. The summed E-state index contributed by atoms with van der Waals surface area (Å²) >= 11 is 6.60. The molecule has 2 heterocycles. The standard InChI is InChI=1S/C24H23N3O3S2/c1-2-3-9-14-26-23(30)21(32-24(26)31)20-17-12-7-8-13-18(17)27(22(20)29)15-19(28)25-16-10-5-4-6-11-16/h4-8,10-13H,2-3,9,14-15H2,1H3,(H,25,28)/b21-20-. The minimum Gasteiger partial charge on any atom is -0.325 e. The lowest BCUT2D eigenvalue weighted by atomic mass is 10.1. The lowest BCUT2D eigenvalue weighted by Gasteiger charge is -2.16. The number of nitrogens with one attached hydrogen (secondary N) is 1. The molecular weight excluding hydrogens is 442 g/mol. The van der Waals surface area contributed by atoms with Gasteiger partial charge in [0.05, 0.1) is 16.2 Å². The maximum absolute atomic E-state index is 13.4. The first-order chi connectivity index (χ1) is 15.5. The number of unbranched alkanes of at least 4 members (excludes halogenated alkanes) is 2. The highest BCUT2D eigenvalue weighted by Gasteiger charge is 2.42. The highest BCUT2D eigenvalue weighted by atomic mass is 32.2.